The van der Waals surface area contributed by atoms with E-state index >= 15 is 0 Å². The second-order valence-corrected chi connectivity index (χ2v) is 8.37. The number of carbonyl (C=O) groups excluding carboxylic acids is 1. The summed E-state index contributed by atoms with van der Waals surface area (Å²) in [7, 11) is 1.51. The summed E-state index contributed by atoms with van der Waals surface area (Å²) >= 11 is 0. The van der Waals surface area contributed by atoms with Crippen LogP contribution in [0.15, 0.2) is 108 Å². The maximum Gasteiger partial charge on any atom is 0.363 e. The van der Waals surface area contributed by atoms with Crippen molar-refractivity contribution in [2.75, 3.05) is 7.11 Å². The Labute approximate surface area is 218 Å². The van der Waals surface area contributed by atoms with Gasteiger partial charge in [-0.3, -0.25) is 10.1 Å². The van der Waals surface area contributed by atoms with Gasteiger partial charge in [0.05, 0.1) is 12.0 Å². The van der Waals surface area contributed by atoms with Crippen molar-refractivity contribution < 1.29 is 23.9 Å². The largest absolute Gasteiger partial charge is 0.493 e. The Morgan fingerprint density at radius 1 is 0.895 bits per heavy atom. The third kappa shape index (κ3) is 5.29. The highest BCUT2D eigenvalue weighted by Crippen LogP contribution is 2.34. The van der Waals surface area contributed by atoms with Crippen molar-refractivity contribution in [1.82, 2.24) is 0 Å². The van der Waals surface area contributed by atoms with E-state index in [0.717, 1.165) is 11.1 Å². The average molecular weight is 507 g/mol. The van der Waals surface area contributed by atoms with E-state index < -0.39 is 10.9 Å². The summed E-state index contributed by atoms with van der Waals surface area (Å²) in [6.07, 6.45) is 1.57. The summed E-state index contributed by atoms with van der Waals surface area (Å²) in [6.45, 7) is 0.0605. The predicted octanol–water partition coefficient (Wildman–Crippen LogP) is 6.19. The van der Waals surface area contributed by atoms with Crippen molar-refractivity contribution in [1.29, 1.82) is 0 Å². The maximum absolute atomic E-state index is 12.7. The van der Waals surface area contributed by atoms with Crippen LogP contribution in [0.1, 0.15) is 16.7 Å². The number of methoxy groups -OCH3 is 1. The predicted molar refractivity (Wildman–Crippen MR) is 143 cm³/mol. The smallest absolute Gasteiger partial charge is 0.363 e. The van der Waals surface area contributed by atoms with Crippen LogP contribution in [0.2, 0.25) is 0 Å². The van der Waals surface area contributed by atoms with E-state index in [1.165, 1.54) is 19.2 Å². The van der Waals surface area contributed by atoms with E-state index in [1.807, 2.05) is 54.6 Å². The van der Waals surface area contributed by atoms with Gasteiger partial charge in [-0.05, 0) is 41.0 Å². The Morgan fingerprint density at radius 2 is 1.61 bits per heavy atom. The first-order valence-electron chi connectivity index (χ1n) is 11.7. The van der Waals surface area contributed by atoms with Gasteiger partial charge in [0.2, 0.25) is 5.90 Å². The summed E-state index contributed by atoms with van der Waals surface area (Å²) in [5, 5.41) is 11.1. The summed E-state index contributed by atoms with van der Waals surface area (Å²) < 4.78 is 16.9. The zero-order valence-electron chi connectivity index (χ0n) is 20.4. The molecule has 0 fully saturated rings. The highest BCUT2D eigenvalue weighted by Gasteiger charge is 2.25. The van der Waals surface area contributed by atoms with Gasteiger partial charge in [0.25, 0.3) is 5.69 Å². The summed E-state index contributed by atoms with van der Waals surface area (Å²) in [5.74, 6) is 0.442. The lowest BCUT2D eigenvalue weighted by Crippen LogP contribution is -2.05. The van der Waals surface area contributed by atoms with Crippen LogP contribution in [0.4, 0.5) is 5.69 Å². The van der Waals surface area contributed by atoms with E-state index in [-0.39, 0.29) is 23.9 Å². The second-order valence-electron chi connectivity index (χ2n) is 8.37. The molecule has 0 atom stereocenters. The van der Waals surface area contributed by atoms with Crippen molar-refractivity contribution >= 4 is 23.6 Å². The molecule has 0 unspecified atom stereocenters. The summed E-state index contributed by atoms with van der Waals surface area (Å²) in [6, 6.07) is 29.0. The lowest BCUT2D eigenvalue weighted by molar-refractivity contribution is -0.384. The van der Waals surface area contributed by atoms with Gasteiger partial charge in [0.1, 0.15) is 6.61 Å². The lowest BCUT2D eigenvalue weighted by Gasteiger charge is -2.13. The molecule has 188 valence electrons. The number of esters is 1. The molecule has 0 radical (unpaired) electrons. The fourth-order valence-corrected chi connectivity index (χ4v) is 3.99. The number of aliphatic imine (C=N–C) groups is 1. The molecule has 1 heterocycles. The molecule has 0 aliphatic carbocycles. The number of non-ortho nitro benzene ring substituents is 1. The van der Waals surface area contributed by atoms with E-state index in [1.54, 1.807) is 36.4 Å². The normalized spacial score (nSPS) is 13.7. The minimum absolute atomic E-state index is 0.0270. The third-order valence-electron chi connectivity index (χ3n) is 5.89. The van der Waals surface area contributed by atoms with Crippen molar-refractivity contribution in [3.63, 3.8) is 0 Å². The standard InChI is InChI=1S/C30H22N2O6/c1-36-27-12-6-10-24(28(27)37-19-20-7-5-11-25(17-20)32(34)35)18-26-30(33)38-29(31-26)23-15-13-22(14-16-23)21-8-3-2-4-9-21/h2-18H,19H2,1H3/b26-18-. The number of hydrogen-bond acceptors (Lipinski definition) is 7. The fraction of sp³-hybridized carbons (Fsp3) is 0.0667. The quantitative estimate of drug-likeness (QED) is 0.122. The van der Waals surface area contributed by atoms with Crippen LogP contribution < -0.4 is 9.47 Å². The first-order chi connectivity index (χ1) is 18.5. The van der Waals surface area contributed by atoms with Gasteiger partial charge in [-0.2, -0.15) is 0 Å². The first-order valence-corrected chi connectivity index (χ1v) is 11.7. The Bertz CT molecular complexity index is 1560. The minimum Gasteiger partial charge on any atom is -0.493 e. The van der Waals surface area contributed by atoms with Crippen LogP contribution >= 0.6 is 0 Å². The molecule has 4 aromatic rings. The van der Waals surface area contributed by atoms with Crippen molar-refractivity contribution in [2.24, 2.45) is 4.99 Å². The Kier molecular flexibility index (Phi) is 6.95. The second kappa shape index (κ2) is 10.8. The molecule has 38 heavy (non-hydrogen) atoms. The molecule has 0 N–H and O–H groups in total. The molecule has 0 amide bonds. The van der Waals surface area contributed by atoms with Gasteiger partial charge in [-0.1, -0.05) is 66.7 Å². The lowest BCUT2D eigenvalue weighted by atomic mass is 10.0. The number of nitro groups is 1. The van der Waals surface area contributed by atoms with Gasteiger partial charge in [0.15, 0.2) is 17.2 Å². The molecular weight excluding hydrogens is 484 g/mol. The van der Waals surface area contributed by atoms with Gasteiger partial charge < -0.3 is 14.2 Å². The van der Waals surface area contributed by atoms with E-state index in [0.29, 0.717) is 28.2 Å². The molecule has 1 aliphatic heterocycles. The Hall–Kier alpha value is -5.24. The fourth-order valence-electron chi connectivity index (χ4n) is 3.99. The molecule has 1 aliphatic rings. The number of hydrogen-bond donors (Lipinski definition) is 0. The molecular formula is C30H22N2O6. The number of benzene rings is 4. The minimum atomic E-state index is -0.584. The number of carbonyl (C=O) groups is 1. The summed E-state index contributed by atoms with van der Waals surface area (Å²) in [4.78, 5) is 27.7. The van der Waals surface area contributed by atoms with Crippen molar-refractivity contribution in [2.45, 2.75) is 6.61 Å². The van der Waals surface area contributed by atoms with Crippen LogP contribution in [0.5, 0.6) is 11.5 Å². The van der Waals surface area contributed by atoms with Crippen LogP contribution in [0.3, 0.4) is 0 Å². The molecule has 0 aromatic heterocycles. The van der Waals surface area contributed by atoms with Gasteiger partial charge in [0, 0.05) is 23.3 Å². The van der Waals surface area contributed by atoms with Gasteiger partial charge in [-0.25, -0.2) is 9.79 Å². The molecule has 0 bridgehead atoms. The molecule has 8 heteroatoms. The topological polar surface area (TPSA) is 100 Å². The van der Waals surface area contributed by atoms with Crippen LogP contribution in [0, 0.1) is 10.1 Å². The van der Waals surface area contributed by atoms with E-state index in [2.05, 4.69) is 4.99 Å². The first kappa shape index (κ1) is 24.5. The molecule has 0 spiro atoms. The zero-order valence-corrected chi connectivity index (χ0v) is 20.4. The number of ether oxygens (including phenoxy) is 3. The van der Waals surface area contributed by atoms with Crippen LogP contribution in [0.25, 0.3) is 17.2 Å². The average Bonchev–Trinajstić information content (AvgIpc) is 3.32. The number of para-hydroxylation sites is 1. The SMILES string of the molecule is COc1cccc(/C=C2\N=C(c3ccc(-c4ccccc4)cc3)OC2=O)c1OCc1cccc([N+](=O)[O-])c1. The van der Waals surface area contributed by atoms with Crippen molar-refractivity contribution in [3.8, 4) is 22.6 Å². The van der Waals surface area contributed by atoms with E-state index in [4.69, 9.17) is 14.2 Å². The molecule has 8 nitrogen and oxygen atoms in total. The number of nitrogens with zero attached hydrogens (tertiary/aromatic N) is 2. The maximum atomic E-state index is 12.7. The number of nitro benzene ring substituents is 1. The molecule has 0 saturated carbocycles. The van der Waals surface area contributed by atoms with Gasteiger partial charge >= 0.3 is 5.97 Å². The third-order valence-corrected chi connectivity index (χ3v) is 5.89. The number of rotatable bonds is 8. The monoisotopic (exact) mass is 506 g/mol. The Morgan fingerprint density at radius 3 is 2.34 bits per heavy atom. The van der Waals surface area contributed by atoms with Gasteiger partial charge in [-0.15, -0.1) is 0 Å². The number of cyclic esters (lactones) is 1. The zero-order chi connectivity index (χ0) is 26.5. The van der Waals surface area contributed by atoms with Crippen molar-refractivity contribution in [3.05, 3.63) is 130 Å². The molecule has 5 rings (SSSR count). The Balaban J connectivity index is 1.40. The summed E-state index contributed by atoms with van der Waals surface area (Å²) in [5.41, 5.74) is 4.04. The van der Waals surface area contributed by atoms with Crippen LogP contribution in [-0.2, 0) is 16.1 Å². The highest BCUT2D eigenvalue weighted by atomic mass is 16.6. The molecule has 0 saturated heterocycles. The van der Waals surface area contributed by atoms with E-state index in [9.17, 15) is 14.9 Å². The molecule has 4 aromatic carbocycles. The highest BCUT2D eigenvalue weighted by molar-refractivity contribution is 6.13. The van der Waals surface area contributed by atoms with Crippen LogP contribution in [-0.4, -0.2) is 23.9 Å².